The Kier molecular flexibility index (Phi) is 3.17. The number of aryl methyl sites for hydroxylation is 1. The molecule has 1 aromatic heterocycles. The van der Waals surface area contributed by atoms with E-state index in [1.165, 1.54) is 0 Å². The van der Waals surface area contributed by atoms with Gasteiger partial charge in [-0.05, 0) is 30.9 Å². The zero-order valence-electron chi connectivity index (χ0n) is 11.5. The minimum atomic E-state index is -1.30. The summed E-state index contributed by atoms with van der Waals surface area (Å²) in [7, 11) is 0. The van der Waals surface area contributed by atoms with E-state index in [4.69, 9.17) is 16.2 Å². The van der Waals surface area contributed by atoms with Crippen LogP contribution in [0.1, 0.15) is 24.1 Å². The summed E-state index contributed by atoms with van der Waals surface area (Å²) in [5, 5.41) is 1.06. The van der Waals surface area contributed by atoms with Crippen molar-refractivity contribution in [3.05, 3.63) is 35.5 Å². The first kappa shape index (κ1) is 13.6. The number of aromatic nitrogens is 1. The van der Waals surface area contributed by atoms with Crippen molar-refractivity contribution in [2.75, 3.05) is 6.61 Å². The first-order chi connectivity index (χ1) is 10.0. The molecule has 2 aromatic rings. The fourth-order valence-electron chi connectivity index (χ4n) is 3.10. The quantitative estimate of drug-likeness (QED) is 0.769. The van der Waals surface area contributed by atoms with Gasteiger partial charge in [0.25, 0.3) is 5.91 Å². The first-order valence-electron chi connectivity index (χ1n) is 6.87. The Hall–Kier alpha value is -2.34. The van der Waals surface area contributed by atoms with E-state index in [2.05, 4.69) is 4.98 Å². The van der Waals surface area contributed by atoms with E-state index >= 15 is 0 Å². The number of para-hydroxylation sites is 1. The number of aromatic amines is 1. The minimum Gasteiger partial charge on any atom is -0.368 e. The monoisotopic (exact) mass is 287 g/mol. The van der Waals surface area contributed by atoms with Crippen molar-refractivity contribution in [3.8, 4) is 0 Å². The van der Waals surface area contributed by atoms with Crippen molar-refractivity contribution in [2.24, 2.45) is 11.5 Å². The van der Waals surface area contributed by atoms with E-state index in [9.17, 15) is 9.59 Å². The number of primary amides is 2. The Labute approximate surface area is 121 Å². The predicted molar refractivity (Wildman–Crippen MR) is 77.3 cm³/mol. The second-order valence-electron chi connectivity index (χ2n) is 5.32. The van der Waals surface area contributed by atoms with Gasteiger partial charge in [0.2, 0.25) is 5.91 Å². The summed E-state index contributed by atoms with van der Waals surface area (Å²) in [6.45, 7) is -0.336. The Morgan fingerprint density at radius 2 is 2.05 bits per heavy atom. The SMILES string of the molecule is NC(=O)COC1(C(N)=O)CCCc2c1[nH]c1ccccc21. The lowest BCUT2D eigenvalue weighted by Gasteiger charge is -2.34. The number of rotatable bonds is 4. The molecule has 0 radical (unpaired) electrons. The largest absolute Gasteiger partial charge is 0.368 e. The van der Waals surface area contributed by atoms with Crippen LogP contribution in [-0.2, 0) is 26.3 Å². The molecular formula is C15H17N3O3. The lowest BCUT2D eigenvalue weighted by molar-refractivity contribution is -0.152. The second kappa shape index (κ2) is 4.89. The highest BCUT2D eigenvalue weighted by molar-refractivity contribution is 5.91. The van der Waals surface area contributed by atoms with E-state index in [0.29, 0.717) is 12.1 Å². The smallest absolute Gasteiger partial charge is 0.255 e. The zero-order valence-corrected chi connectivity index (χ0v) is 11.5. The normalized spacial score (nSPS) is 21.1. The van der Waals surface area contributed by atoms with Crippen molar-refractivity contribution in [1.29, 1.82) is 0 Å². The van der Waals surface area contributed by atoms with Gasteiger partial charge in [-0.1, -0.05) is 18.2 Å². The van der Waals surface area contributed by atoms with E-state index in [0.717, 1.165) is 29.3 Å². The molecular weight excluding hydrogens is 270 g/mol. The molecule has 0 bridgehead atoms. The van der Waals surface area contributed by atoms with Crippen LogP contribution in [0.4, 0.5) is 0 Å². The molecule has 1 heterocycles. The molecule has 6 heteroatoms. The highest BCUT2D eigenvalue weighted by Crippen LogP contribution is 2.41. The van der Waals surface area contributed by atoms with Crippen LogP contribution in [0.5, 0.6) is 0 Å². The average molecular weight is 287 g/mol. The van der Waals surface area contributed by atoms with Gasteiger partial charge in [0, 0.05) is 10.9 Å². The van der Waals surface area contributed by atoms with Crippen LogP contribution in [0.15, 0.2) is 24.3 Å². The molecule has 1 atom stereocenters. The molecule has 3 rings (SSSR count). The van der Waals surface area contributed by atoms with Gasteiger partial charge in [0.1, 0.15) is 6.61 Å². The highest BCUT2D eigenvalue weighted by atomic mass is 16.5. The summed E-state index contributed by atoms with van der Waals surface area (Å²) in [4.78, 5) is 26.3. The maximum Gasteiger partial charge on any atom is 0.255 e. The Balaban J connectivity index is 2.16. The molecule has 1 aliphatic rings. The van der Waals surface area contributed by atoms with Crippen LogP contribution in [0.3, 0.4) is 0 Å². The van der Waals surface area contributed by atoms with Crippen LogP contribution in [0, 0.1) is 0 Å². The third kappa shape index (κ3) is 2.08. The van der Waals surface area contributed by atoms with Gasteiger partial charge in [-0.25, -0.2) is 0 Å². The highest BCUT2D eigenvalue weighted by Gasteiger charge is 2.45. The molecule has 5 N–H and O–H groups in total. The molecule has 0 fully saturated rings. The molecule has 1 unspecified atom stereocenters. The molecule has 1 aliphatic carbocycles. The third-order valence-electron chi connectivity index (χ3n) is 4.03. The van der Waals surface area contributed by atoms with Gasteiger partial charge in [-0.15, -0.1) is 0 Å². The summed E-state index contributed by atoms with van der Waals surface area (Å²) in [6, 6.07) is 7.80. The number of carbonyl (C=O) groups excluding carboxylic acids is 2. The number of hydrogen-bond acceptors (Lipinski definition) is 3. The summed E-state index contributed by atoms with van der Waals surface area (Å²) in [5.74, 6) is -1.23. The summed E-state index contributed by atoms with van der Waals surface area (Å²) in [5.41, 5.74) is 12.0. The third-order valence-corrected chi connectivity index (χ3v) is 4.03. The number of benzene rings is 1. The number of hydrogen-bond donors (Lipinski definition) is 3. The van der Waals surface area contributed by atoms with Crippen molar-refractivity contribution in [2.45, 2.75) is 24.9 Å². The molecule has 6 nitrogen and oxygen atoms in total. The fraction of sp³-hybridized carbons (Fsp3) is 0.333. The minimum absolute atomic E-state index is 0.336. The van der Waals surface area contributed by atoms with Crippen LogP contribution >= 0.6 is 0 Å². The van der Waals surface area contributed by atoms with E-state index in [-0.39, 0.29) is 6.61 Å². The maximum absolute atomic E-state index is 12.1. The molecule has 21 heavy (non-hydrogen) atoms. The summed E-state index contributed by atoms with van der Waals surface area (Å²) < 4.78 is 5.57. The Morgan fingerprint density at radius 3 is 2.76 bits per heavy atom. The predicted octanol–water partition coefficient (Wildman–Crippen LogP) is 0.687. The molecule has 0 aliphatic heterocycles. The van der Waals surface area contributed by atoms with Crippen molar-refractivity contribution in [3.63, 3.8) is 0 Å². The van der Waals surface area contributed by atoms with Crippen molar-refractivity contribution in [1.82, 2.24) is 4.98 Å². The molecule has 1 aromatic carbocycles. The fourth-order valence-corrected chi connectivity index (χ4v) is 3.10. The number of carbonyl (C=O) groups is 2. The number of ether oxygens (including phenoxy) is 1. The van der Waals surface area contributed by atoms with Crippen LogP contribution in [0.2, 0.25) is 0 Å². The first-order valence-corrected chi connectivity index (χ1v) is 6.87. The average Bonchev–Trinajstić information content (AvgIpc) is 2.84. The van der Waals surface area contributed by atoms with Gasteiger partial charge >= 0.3 is 0 Å². The number of fused-ring (bicyclic) bond motifs is 3. The molecule has 2 amide bonds. The number of nitrogens with two attached hydrogens (primary N) is 2. The van der Waals surface area contributed by atoms with E-state index in [1.54, 1.807) is 0 Å². The second-order valence-corrected chi connectivity index (χ2v) is 5.32. The number of H-pyrrole nitrogens is 1. The topological polar surface area (TPSA) is 111 Å². The number of nitrogens with one attached hydrogen (secondary N) is 1. The summed E-state index contributed by atoms with van der Waals surface area (Å²) in [6.07, 6.45) is 2.04. The van der Waals surface area contributed by atoms with Gasteiger partial charge in [-0.2, -0.15) is 0 Å². The van der Waals surface area contributed by atoms with Crippen LogP contribution in [-0.4, -0.2) is 23.4 Å². The lowest BCUT2D eigenvalue weighted by Crippen LogP contribution is -2.47. The molecule has 0 spiro atoms. The van der Waals surface area contributed by atoms with Crippen LogP contribution in [0.25, 0.3) is 10.9 Å². The van der Waals surface area contributed by atoms with Gasteiger partial charge in [-0.3, -0.25) is 9.59 Å². The van der Waals surface area contributed by atoms with E-state index < -0.39 is 17.4 Å². The van der Waals surface area contributed by atoms with Crippen molar-refractivity contribution >= 4 is 22.7 Å². The Morgan fingerprint density at radius 1 is 1.29 bits per heavy atom. The number of amides is 2. The van der Waals surface area contributed by atoms with E-state index in [1.807, 2.05) is 24.3 Å². The molecule has 0 saturated carbocycles. The summed E-state index contributed by atoms with van der Waals surface area (Å²) >= 11 is 0. The lowest BCUT2D eigenvalue weighted by atomic mass is 9.82. The standard InChI is InChI=1S/C15H17N3O3/c16-12(19)8-21-15(14(17)20)7-3-5-10-9-4-1-2-6-11(9)18-13(10)15/h1-2,4,6,18H,3,5,7-8H2,(H2,16,19)(H2,17,20). The maximum atomic E-state index is 12.1. The van der Waals surface area contributed by atoms with Gasteiger partial charge < -0.3 is 21.2 Å². The van der Waals surface area contributed by atoms with Gasteiger partial charge in [0.05, 0.1) is 5.69 Å². The van der Waals surface area contributed by atoms with Crippen molar-refractivity contribution < 1.29 is 14.3 Å². The molecule has 110 valence electrons. The Bertz CT molecular complexity index is 722. The molecule has 0 saturated heterocycles. The zero-order chi connectivity index (χ0) is 15.0. The van der Waals surface area contributed by atoms with Crippen LogP contribution < -0.4 is 11.5 Å². The van der Waals surface area contributed by atoms with Gasteiger partial charge in [0.15, 0.2) is 5.60 Å².